The summed E-state index contributed by atoms with van der Waals surface area (Å²) in [5.41, 5.74) is 0.200. The normalized spacial score (nSPS) is 25.7. The van der Waals surface area contributed by atoms with E-state index in [2.05, 4.69) is 43.8 Å². The SMILES string of the molecule is CN(C)CCN1CCC(CC#N)C1(C)C. The standard InChI is InChI=1S/C12H23N3/c1-12(2)11(5-7-13)6-8-15(12)10-9-14(3)4/h11H,5-6,8-10H2,1-4H3. The average molecular weight is 209 g/mol. The Morgan fingerprint density at radius 2 is 2.13 bits per heavy atom. The highest BCUT2D eigenvalue weighted by molar-refractivity contribution is 4.98. The molecule has 0 amide bonds. The first-order valence-corrected chi connectivity index (χ1v) is 5.75. The molecule has 0 spiro atoms. The molecule has 1 saturated heterocycles. The highest BCUT2D eigenvalue weighted by Crippen LogP contribution is 2.35. The van der Waals surface area contributed by atoms with Gasteiger partial charge in [-0.15, -0.1) is 0 Å². The molecule has 3 nitrogen and oxygen atoms in total. The Morgan fingerprint density at radius 1 is 1.47 bits per heavy atom. The summed E-state index contributed by atoms with van der Waals surface area (Å²) in [6.45, 7) is 7.91. The summed E-state index contributed by atoms with van der Waals surface area (Å²) < 4.78 is 0. The summed E-state index contributed by atoms with van der Waals surface area (Å²) >= 11 is 0. The molecule has 0 aliphatic carbocycles. The van der Waals surface area contributed by atoms with Crippen LogP contribution in [0.3, 0.4) is 0 Å². The number of hydrogen-bond donors (Lipinski definition) is 0. The van der Waals surface area contributed by atoms with Gasteiger partial charge in [0.2, 0.25) is 0 Å². The van der Waals surface area contributed by atoms with Crippen LogP contribution in [0, 0.1) is 17.2 Å². The fraction of sp³-hybridized carbons (Fsp3) is 0.917. The Hall–Kier alpha value is -0.590. The van der Waals surface area contributed by atoms with Crippen LogP contribution < -0.4 is 0 Å². The van der Waals surface area contributed by atoms with Gasteiger partial charge in [0.1, 0.15) is 0 Å². The second-order valence-electron chi connectivity index (χ2n) is 5.29. The van der Waals surface area contributed by atoms with Crippen molar-refractivity contribution in [2.45, 2.75) is 32.2 Å². The van der Waals surface area contributed by atoms with E-state index in [1.54, 1.807) is 0 Å². The Kier molecular flexibility index (Phi) is 4.12. The maximum Gasteiger partial charge on any atom is 0.0625 e. The van der Waals surface area contributed by atoms with E-state index in [4.69, 9.17) is 5.26 Å². The van der Waals surface area contributed by atoms with Crippen molar-refractivity contribution < 1.29 is 0 Å². The minimum Gasteiger partial charge on any atom is -0.308 e. The maximum absolute atomic E-state index is 8.79. The van der Waals surface area contributed by atoms with Gasteiger partial charge in [0.25, 0.3) is 0 Å². The monoisotopic (exact) mass is 209 g/mol. The first kappa shape index (κ1) is 12.5. The van der Waals surface area contributed by atoms with Crippen molar-refractivity contribution >= 4 is 0 Å². The number of nitrogens with zero attached hydrogens (tertiary/aromatic N) is 3. The first-order valence-electron chi connectivity index (χ1n) is 5.75. The lowest BCUT2D eigenvalue weighted by Gasteiger charge is -2.36. The van der Waals surface area contributed by atoms with Gasteiger partial charge in [-0.05, 0) is 46.8 Å². The molecular weight excluding hydrogens is 186 g/mol. The van der Waals surface area contributed by atoms with Crippen LogP contribution in [0.25, 0.3) is 0 Å². The van der Waals surface area contributed by atoms with Crippen molar-refractivity contribution in [3.63, 3.8) is 0 Å². The second-order valence-corrected chi connectivity index (χ2v) is 5.29. The first-order chi connectivity index (χ1) is 6.98. The van der Waals surface area contributed by atoms with Gasteiger partial charge < -0.3 is 4.90 Å². The maximum atomic E-state index is 8.79. The van der Waals surface area contributed by atoms with Crippen molar-refractivity contribution in [3.8, 4) is 6.07 Å². The molecule has 86 valence electrons. The minimum absolute atomic E-state index is 0.200. The van der Waals surface area contributed by atoms with Gasteiger partial charge >= 0.3 is 0 Å². The summed E-state index contributed by atoms with van der Waals surface area (Å²) in [5.74, 6) is 0.546. The van der Waals surface area contributed by atoms with Crippen LogP contribution in [-0.2, 0) is 0 Å². The Bertz CT molecular complexity index is 240. The lowest BCUT2D eigenvalue weighted by Crippen LogP contribution is -2.45. The molecule has 1 aliphatic heterocycles. The van der Waals surface area contributed by atoms with Gasteiger partial charge in [-0.3, -0.25) is 4.90 Å². The number of rotatable bonds is 4. The molecule has 0 aromatic heterocycles. The van der Waals surface area contributed by atoms with Crippen LogP contribution in [0.2, 0.25) is 0 Å². The molecule has 1 aliphatic rings. The van der Waals surface area contributed by atoms with Crippen LogP contribution >= 0.6 is 0 Å². The molecule has 0 aromatic carbocycles. The van der Waals surface area contributed by atoms with Crippen LogP contribution in [0.4, 0.5) is 0 Å². The lowest BCUT2D eigenvalue weighted by molar-refractivity contribution is 0.129. The van der Waals surface area contributed by atoms with E-state index in [0.717, 1.165) is 19.6 Å². The van der Waals surface area contributed by atoms with Gasteiger partial charge in [0, 0.05) is 25.0 Å². The van der Waals surface area contributed by atoms with E-state index in [9.17, 15) is 0 Å². The number of likely N-dealkylation sites (N-methyl/N-ethyl adjacent to an activating group) is 1. The Morgan fingerprint density at radius 3 is 2.67 bits per heavy atom. The summed E-state index contributed by atoms with van der Waals surface area (Å²) in [6, 6.07) is 2.31. The fourth-order valence-corrected chi connectivity index (χ4v) is 2.39. The third kappa shape index (κ3) is 2.93. The van der Waals surface area contributed by atoms with Crippen molar-refractivity contribution in [2.24, 2.45) is 5.92 Å². The number of nitriles is 1. The zero-order valence-corrected chi connectivity index (χ0v) is 10.5. The van der Waals surface area contributed by atoms with Gasteiger partial charge in [-0.25, -0.2) is 0 Å². The number of hydrogen-bond acceptors (Lipinski definition) is 3. The van der Waals surface area contributed by atoms with Crippen molar-refractivity contribution in [1.82, 2.24) is 9.80 Å². The molecule has 0 radical (unpaired) electrons. The van der Waals surface area contributed by atoms with Crippen LogP contribution in [-0.4, -0.2) is 49.1 Å². The fourth-order valence-electron chi connectivity index (χ4n) is 2.39. The molecule has 3 heteroatoms. The molecule has 1 rings (SSSR count). The van der Waals surface area contributed by atoms with Gasteiger partial charge in [-0.1, -0.05) is 0 Å². The van der Waals surface area contributed by atoms with Crippen molar-refractivity contribution in [2.75, 3.05) is 33.7 Å². The molecule has 1 unspecified atom stereocenters. The highest BCUT2D eigenvalue weighted by atomic mass is 15.2. The smallest absolute Gasteiger partial charge is 0.0625 e. The second kappa shape index (κ2) is 4.96. The Balaban J connectivity index is 2.51. The van der Waals surface area contributed by atoms with E-state index >= 15 is 0 Å². The third-order valence-corrected chi connectivity index (χ3v) is 3.72. The van der Waals surface area contributed by atoms with E-state index in [1.807, 2.05) is 0 Å². The Labute approximate surface area is 93.7 Å². The predicted molar refractivity (Wildman–Crippen MR) is 62.5 cm³/mol. The zero-order chi connectivity index (χ0) is 11.5. The third-order valence-electron chi connectivity index (χ3n) is 3.72. The van der Waals surface area contributed by atoms with E-state index in [1.165, 1.54) is 6.42 Å². The van der Waals surface area contributed by atoms with E-state index < -0.39 is 0 Å². The van der Waals surface area contributed by atoms with Crippen LogP contribution in [0.5, 0.6) is 0 Å². The molecular formula is C12H23N3. The van der Waals surface area contributed by atoms with Gasteiger partial charge in [0.05, 0.1) is 6.07 Å². The number of likely N-dealkylation sites (tertiary alicyclic amines) is 1. The van der Waals surface area contributed by atoms with Crippen LogP contribution in [0.15, 0.2) is 0 Å². The summed E-state index contributed by atoms with van der Waals surface area (Å²) in [6.07, 6.45) is 1.87. The van der Waals surface area contributed by atoms with E-state index in [-0.39, 0.29) is 5.54 Å². The molecule has 0 N–H and O–H groups in total. The molecule has 0 aromatic rings. The minimum atomic E-state index is 0.200. The molecule has 1 heterocycles. The summed E-state index contributed by atoms with van der Waals surface area (Å²) in [4.78, 5) is 4.74. The van der Waals surface area contributed by atoms with Crippen molar-refractivity contribution in [1.29, 1.82) is 5.26 Å². The predicted octanol–water partition coefficient (Wildman–Crippen LogP) is 1.56. The molecule has 0 bridgehead atoms. The quantitative estimate of drug-likeness (QED) is 0.704. The van der Waals surface area contributed by atoms with E-state index in [0.29, 0.717) is 12.3 Å². The summed E-state index contributed by atoms with van der Waals surface area (Å²) in [7, 11) is 4.21. The molecule has 1 atom stereocenters. The average Bonchev–Trinajstić information content (AvgIpc) is 2.40. The summed E-state index contributed by atoms with van der Waals surface area (Å²) in [5, 5.41) is 8.79. The highest BCUT2D eigenvalue weighted by Gasteiger charge is 2.40. The molecule has 15 heavy (non-hydrogen) atoms. The lowest BCUT2D eigenvalue weighted by atomic mass is 9.86. The van der Waals surface area contributed by atoms with Crippen molar-refractivity contribution in [3.05, 3.63) is 0 Å². The molecule has 0 saturated carbocycles. The topological polar surface area (TPSA) is 30.3 Å². The zero-order valence-electron chi connectivity index (χ0n) is 10.5. The van der Waals surface area contributed by atoms with Gasteiger partial charge in [-0.2, -0.15) is 5.26 Å². The molecule has 1 fully saturated rings. The largest absolute Gasteiger partial charge is 0.308 e. The van der Waals surface area contributed by atoms with Gasteiger partial charge in [0.15, 0.2) is 0 Å². The van der Waals surface area contributed by atoms with Crippen LogP contribution in [0.1, 0.15) is 26.7 Å².